The van der Waals surface area contributed by atoms with E-state index in [4.69, 9.17) is 4.74 Å². The van der Waals surface area contributed by atoms with Crippen molar-refractivity contribution in [3.8, 4) is 0 Å². The molecule has 2 atom stereocenters. The van der Waals surface area contributed by atoms with E-state index in [0.717, 1.165) is 44.4 Å². The van der Waals surface area contributed by atoms with E-state index in [1.165, 1.54) is 12.8 Å². The molecule has 5 nitrogen and oxygen atoms in total. The quantitative estimate of drug-likeness (QED) is 0.785. The molecule has 1 aromatic rings. The zero-order valence-corrected chi connectivity index (χ0v) is 13.9. The number of imidazole rings is 1. The Kier molecular flexibility index (Phi) is 6.06. The van der Waals surface area contributed by atoms with Crippen molar-refractivity contribution in [2.75, 3.05) is 38.7 Å². The fraction of sp³-hybridized carbons (Fsp3) is 0.812. The molecule has 2 unspecified atom stereocenters. The molecular formula is C16H30N4O. The van der Waals surface area contributed by atoms with Gasteiger partial charge in [-0.1, -0.05) is 0 Å². The highest BCUT2D eigenvalue weighted by molar-refractivity contribution is 5.29. The second-order valence-electron chi connectivity index (χ2n) is 6.10. The second-order valence-corrected chi connectivity index (χ2v) is 6.10. The molecule has 5 heteroatoms. The van der Waals surface area contributed by atoms with E-state index in [1.807, 2.05) is 6.92 Å². The first-order valence-electron chi connectivity index (χ1n) is 8.19. The van der Waals surface area contributed by atoms with Gasteiger partial charge in [-0.2, -0.15) is 0 Å². The molecule has 0 bridgehead atoms. The molecule has 1 fully saturated rings. The molecule has 1 saturated heterocycles. The fourth-order valence-electron chi connectivity index (χ4n) is 2.96. The average Bonchev–Trinajstić information content (AvgIpc) is 2.83. The highest BCUT2D eigenvalue weighted by atomic mass is 16.5. The summed E-state index contributed by atoms with van der Waals surface area (Å²) in [6.07, 6.45) is 5.60. The summed E-state index contributed by atoms with van der Waals surface area (Å²) >= 11 is 0. The van der Waals surface area contributed by atoms with Crippen LogP contribution in [-0.2, 0) is 4.74 Å². The molecule has 2 heterocycles. The van der Waals surface area contributed by atoms with Gasteiger partial charge < -0.3 is 19.5 Å². The first kappa shape index (κ1) is 16.3. The van der Waals surface area contributed by atoms with E-state index in [-0.39, 0.29) is 0 Å². The summed E-state index contributed by atoms with van der Waals surface area (Å²) in [6.45, 7) is 10.1. The maximum absolute atomic E-state index is 5.38. The number of hydrogen-bond acceptors (Lipinski definition) is 4. The number of hydrogen-bond donors (Lipinski definition) is 1. The molecule has 120 valence electrons. The van der Waals surface area contributed by atoms with Crippen molar-refractivity contribution in [2.45, 2.75) is 52.1 Å². The summed E-state index contributed by atoms with van der Waals surface area (Å²) in [7, 11) is 2.22. The van der Waals surface area contributed by atoms with Crippen molar-refractivity contribution < 1.29 is 4.74 Å². The van der Waals surface area contributed by atoms with Crippen LogP contribution in [0.5, 0.6) is 0 Å². The standard InChI is InChI=1S/C16H30N4O/c1-5-21-10-6-8-17-16-18-13(2)12-20(16)15-7-9-19(4)14(3)11-15/h12,14-15H,5-11H2,1-4H3,(H,17,18). The van der Waals surface area contributed by atoms with Crippen molar-refractivity contribution >= 4 is 5.95 Å². The maximum Gasteiger partial charge on any atom is 0.203 e. The van der Waals surface area contributed by atoms with Crippen LogP contribution in [0.1, 0.15) is 44.8 Å². The van der Waals surface area contributed by atoms with Gasteiger partial charge in [0.2, 0.25) is 5.95 Å². The lowest BCUT2D eigenvalue weighted by molar-refractivity contribution is 0.147. The zero-order chi connectivity index (χ0) is 15.2. The third-order valence-corrected chi connectivity index (χ3v) is 4.38. The van der Waals surface area contributed by atoms with Crippen LogP contribution in [0.2, 0.25) is 0 Å². The number of aromatic nitrogens is 2. The van der Waals surface area contributed by atoms with Crippen molar-refractivity contribution in [1.29, 1.82) is 0 Å². The molecule has 0 amide bonds. The number of ether oxygens (including phenoxy) is 1. The van der Waals surface area contributed by atoms with Gasteiger partial charge in [-0.3, -0.25) is 0 Å². The molecule has 1 aliphatic heterocycles. The van der Waals surface area contributed by atoms with Crippen LogP contribution in [0.3, 0.4) is 0 Å². The van der Waals surface area contributed by atoms with Gasteiger partial charge in [0.1, 0.15) is 0 Å². The third kappa shape index (κ3) is 4.45. The lowest BCUT2D eigenvalue weighted by Crippen LogP contribution is -2.38. The molecule has 0 radical (unpaired) electrons. The van der Waals surface area contributed by atoms with E-state index in [0.29, 0.717) is 12.1 Å². The van der Waals surface area contributed by atoms with Crippen LogP contribution in [0, 0.1) is 6.92 Å². The van der Waals surface area contributed by atoms with Crippen LogP contribution in [0.4, 0.5) is 5.95 Å². The van der Waals surface area contributed by atoms with Crippen LogP contribution in [-0.4, -0.2) is 53.8 Å². The Morgan fingerprint density at radius 2 is 2.29 bits per heavy atom. The zero-order valence-electron chi connectivity index (χ0n) is 13.9. The van der Waals surface area contributed by atoms with E-state index < -0.39 is 0 Å². The Morgan fingerprint density at radius 3 is 3.00 bits per heavy atom. The second kappa shape index (κ2) is 7.80. The molecule has 0 aliphatic carbocycles. The number of likely N-dealkylation sites (tertiary alicyclic amines) is 1. The van der Waals surface area contributed by atoms with Crippen molar-refractivity contribution in [3.05, 3.63) is 11.9 Å². The SMILES string of the molecule is CCOCCCNc1nc(C)cn1C1CCN(C)C(C)C1. The van der Waals surface area contributed by atoms with Crippen molar-refractivity contribution in [1.82, 2.24) is 14.5 Å². The Morgan fingerprint density at radius 1 is 1.48 bits per heavy atom. The monoisotopic (exact) mass is 294 g/mol. The van der Waals surface area contributed by atoms with Gasteiger partial charge in [0.15, 0.2) is 0 Å². The van der Waals surface area contributed by atoms with Gasteiger partial charge in [-0.25, -0.2) is 4.98 Å². The Bertz CT molecular complexity index is 432. The van der Waals surface area contributed by atoms with Crippen LogP contribution < -0.4 is 5.32 Å². The topological polar surface area (TPSA) is 42.3 Å². The number of aryl methyl sites for hydroxylation is 1. The molecule has 1 aliphatic rings. The lowest BCUT2D eigenvalue weighted by atomic mass is 9.99. The molecule has 21 heavy (non-hydrogen) atoms. The maximum atomic E-state index is 5.38. The third-order valence-electron chi connectivity index (χ3n) is 4.38. The molecule has 1 N–H and O–H groups in total. The number of anilines is 1. The Balaban J connectivity index is 1.93. The first-order valence-corrected chi connectivity index (χ1v) is 8.19. The molecule has 2 rings (SSSR count). The van der Waals surface area contributed by atoms with Gasteiger partial charge in [-0.05, 0) is 47.1 Å². The van der Waals surface area contributed by atoms with E-state index >= 15 is 0 Å². The predicted molar refractivity (Wildman–Crippen MR) is 86.9 cm³/mol. The van der Waals surface area contributed by atoms with Gasteiger partial charge in [0.05, 0.1) is 5.69 Å². The average molecular weight is 294 g/mol. The van der Waals surface area contributed by atoms with Crippen molar-refractivity contribution in [3.63, 3.8) is 0 Å². The lowest BCUT2D eigenvalue weighted by Gasteiger charge is -2.36. The smallest absolute Gasteiger partial charge is 0.203 e. The Labute approximate surface area is 128 Å². The summed E-state index contributed by atoms with van der Waals surface area (Å²) in [5.41, 5.74) is 1.09. The molecular weight excluding hydrogens is 264 g/mol. The normalized spacial score (nSPS) is 23.4. The van der Waals surface area contributed by atoms with Crippen molar-refractivity contribution in [2.24, 2.45) is 0 Å². The molecule has 0 spiro atoms. The fourth-order valence-corrected chi connectivity index (χ4v) is 2.96. The summed E-state index contributed by atoms with van der Waals surface area (Å²) in [5.74, 6) is 1.02. The van der Waals surface area contributed by atoms with Gasteiger partial charge in [0.25, 0.3) is 0 Å². The minimum atomic E-state index is 0.562. The highest BCUT2D eigenvalue weighted by Gasteiger charge is 2.25. The minimum Gasteiger partial charge on any atom is -0.382 e. The van der Waals surface area contributed by atoms with Crippen LogP contribution >= 0.6 is 0 Å². The predicted octanol–water partition coefficient (Wildman–Crippen LogP) is 2.69. The largest absolute Gasteiger partial charge is 0.382 e. The van der Waals surface area contributed by atoms with Gasteiger partial charge >= 0.3 is 0 Å². The molecule has 1 aromatic heterocycles. The number of piperidine rings is 1. The molecule has 0 saturated carbocycles. The van der Waals surface area contributed by atoms with Gasteiger partial charge in [0, 0.05) is 44.6 Å². The van der Waals surface area contributed by atoms with Gasteiger partial charge in [-0.15, -0.1) is 0 Å². The summed E-state index contributed by atoms with van der Waals surface area (Å²) in [5, 5.41) is 3.47. The van der Waals surface area contributed by atoms with Crippen LogP contribution in [0.15, 0.2) is 6.20 Å². The van der Waals surface area contributed by atoms with E-state index in [2.05, 4.69) is 46.9 Å². The summed E-state index contributed by atoms with van der Waals surface area (Å²) in [4.78, 5) is 7.09. The van der Waals surface area contributed by atoms with E-state index in [1.54, 1.807) is 0 Å². The minimum absolute atomic E-state index is 0.562. The summed E-state index contributed by atoms with van der Waals surface area (Å²) in [6, 6.07) is 1.20. The number of rotatable bonds is 7. The Hall–Kier alpha value is -1.07. The molecule has 0 aromatic carbocycles. The van der Waals surface area contributed by atoms with E-state index in [9.17, 15) is 0 Å². The first-order chi connectivity index (χ1) is 10.1. The number of nitrogens with one attached hydrogen (secondary N) is 1. The van der Waals surface area contributed by atoms with Crippen LogP contribution in [0.25, 0.3) is 0 Å². The number of nitrogens with zero attached hydrogens (tertiary/aromatic N) is 3. The summed E-state index contributed by atoms with van der Waals surface area (Å²) < 4.78 is 7.72. The highest BCUT2D eigenvalue weighted by Crippen LogP contribution is 2.29.